The zero-order valence-electron chi connectivity index (χ0n) is 20.2. The maximum Gasteiger partial charge on any atom is 0.410 e. The summed E-state index contributed by atoms with van der Waals surface area (Å²) in [5, 5.41) is 0. The second-order valence-electron chi connectivity index (χ2n) is 9.31. The normalized spacial score (nSPS) is 16.5. The molecule has 0 spiro atoms. The first-order chi connectivity index (χ1) is 15.3. The number of aromatic nitrogens is 2. The number of Topliss-reactive ketones (excluding diaryl/α,β-unsaturated/α-hetero) is 1. The number of imidazole rings is 1. The molecule has 1 N–H and O–H groups in total. The summed E-state index contributed by atoms with van der Waals surface area (Å²) in [5.41, 5.74) is 4.27. The first-order valence-electron chi connectivity index (χ1n) is 11.9. The van der Waals surface area contributed by atoms with E-state index < -0.39 is 5.41 Å². The number of hydrogen-bond acceptors (Lipinski definition) is 4. The summed E-state index contributed by atoms with van der Waals surface area (Å²) in [5.74, 6) is 1.30. The molecule has 174 valence electrons. The fourth-order valence-electron chi connectivity index (χ4n) is 4.57. The fraction of sp³-hybridized carbons (Fsp3) is 0.577. The van der Waals surface area contributed by atoms with Gasteiger partial charge in [0.25, 0.3) is 0 Å². The van der Waals surface area contributed by atoms with E-state index >= 15 is 0 Å². The average Bonchev–Trinajstić information content (AvgIpc) is 3.11. The van der Waals surface area contributed by atoms with Crippen LogP contribution in [-0.2, 0) is 34.2 Å². The van der Waals surface area contributed by atoms with Gasteiger partial charge in [0, 0.05) is 25.2 Å². The highest BCUT2D eigenvalue weighted by atomic mass is 16.6. The topological polar surface area (TPSA) is 75.3 Å². The number of nitrogens with one attached hydrogen (secondary N) is 1. The van der Waals surface area contributed by atoms with Gasteiger partial charge in [-0.15, -0.1) is 0 Å². The van der Waals surface area contributed by atoms with Crippen molar-refractivity contribution in [1.82, 2.24) is 14.9 Å². The molecular weight excluding hydrogens is 402 g/mol. The lowest BCUT2D eigenvalue weighted by Gasteiger charge is -2.48. The van der Waals surface area contributed by atoms with Gasteiger partial charge in [-0.3, -0.25) is 4.79 Å². The Kier molecular flexibility index (Phi) is 7.75. The van der Waals surface area contributed by atoms with Crippen LogP contribution in [0.1, 0.15) is 75.3 Å². The van der Waals surface area contributed by atoms with Gasteiger partial charge in [0.2, 0.25) is 0 Å². The van der Waals surface area contributed by atoms with Gasteiger partial charge >= 0.3 is 6.09 Å². The molecule has 0 atom stereocenters. The number of H-pyrrole nitrogens is 1. The predicted molar refractivity (Wildman–Crippen MR) is 126 cm³/mol. The third-order valence-electron chi connectivity index (χ3n) is 6.34. The molecule has 32 heavy (non-hydrogen) atoms. The minimum Gasteiger partial charge on any atom is -0.447 e. The van der Waals surface area contributed by atoms with Crippen molar-refractivity contribution >= 4 is 11.9 Å². The summed E-state index contributed by atoms with van der Waals surface area (Å²) in [4.78, 5) is 33.6. The van der Waals surface area contributed by atoms with E-state index in [1.54, 1.807) is 11.8 Å². The molecule has 2 aromatic rings. The number of hydrogen-bond donors (Lipinski definition) is 1. The summed E-state index contributed by atoms with van der Waals surface area (Å²) >= 11 is 0. The molecule has 1 aromatic carbocycles. The van der Waals surface area contributed by atoms with E-state index in [2.05, 4.69) is 16.9 Å². The molecule has 1 aliphatic carbocycles. The summed E-state index contributed by atoms with van der Waals surface area (Å²) in [6.45, 7) is 10.2. The number of aromatic amines is 1. The number of rotatable bonds is 5. The predicted octanol–water partition coefficient (Wildman–Crippen LogP) is 4.92. The Balaban J connectivity index is 0.000000204. The van der Waals surface area contributed by atoms with Crippen molar-refractivity contribution in [2.45, 2.75) is 84.7 Å². The smallest absolute Gasteiger partial charge is 0.410 e. The Bertz CT molecular complexity index is 918. The van der Waals surface area contributed by atoms with E-state index in [0.717, 1.165) is 17.5 Å². The number of carbonyl (C=O) groups excluding carboxylic acids is 2. The van der Waals surface area contributed by atoms with Gasteiger partial charge in [0.1, 0.15) is 11.6 Å². The second-order valence-corrected chi connectivity index (χ2v) is 9.31. The van der Waals surface area contributed by atoms with Crippen LogP contribution in [0.3, 0.4) is 0 Å². The molecule has 1 aromatic heterocycles. The lowest BCUT2D eigenvalue weighted by atomic mass is 9.69. The Morgan fingerprint density at radius 2 is 1.88 bits per heavy atom. The molecule has 1 fully saturated rings. The number of nitrogens with zero attached hydrogens (tertiary/aromatic N) is 2. The van der Waals surface area contributed by atoms with E-state index in [-0.39, 0.29) is 18.0 Å². The molecule has 6 nitrogen and oxygen atoms in total. The molecule has 1 amide bonds. The van der Waals surface area contributed by atoms with Crippen molar-refractivity contribution < 1.29 is 14.3 Å². The lowest BCUT2D eigenvalue weighted by Crippen LogP contribution is -2.65. The van der Waals surface area contributed by atoms with Gasteiger partial charge in [-0.1, -0.05) is 31.2 Å². The lowest BCUT2D eigenvalue weighted by molar-refractivity contribution is -0.128. The van der Waals surface area contributed by atoms with Crippen LogP contribution in [0.5, 0.6) is 0 Å². The molecule has 0 radical (unpaired) electrons. The highest BCUT2D eigenvalue weighted by Crippen LogP contribution is 2.37. The maximum atomic E-state index is 12.1. The summed E-state index contributed by atoms with van der Waals surface area (Å²) in [6, 6.07) is 7.86. The largest absolute Gasteiger partial charge is 0.447 e. The fourth-order valence-corrected chi connectivity index (χ4v) is 4.57. The van der Waals surface area contributed by atoms with Gasteiger partial charge in [-0.25, -0.2) is 9.78 Å². The van der Waals surface area contributed by atoms with Gasteiger partial charge < -0.3 is 14.6 Å². The average molecular weight is 440 g/mol. The van der Waals surface area contributed by atoms with Crippen LogP contribution in [0.15, 0.2) is 24.3 Å². The Hall–Kier alpha value is -2.63. The maximum absolute atomic E-state index is 12.1. The highest BCUT2D eigenvalue weighted by Gasteiger charge is 2.51. The zero-order chi connectivity index (χ0) is 23.3. The first kappa shape index (κ1) is 24.0. The zero-order valence-corrected chi connectivity index (χ0v) is 20.2. The number of likely N-dealkylation sites (tertiary alicyclic amines) is 1. The minimum absolute atomic E-state index is 0.0976. The van der Waals surface area contributed by atoms with Crippen LogP contribution < -0.4 is 0 Å². The second kappa shape index (κ2) is 10.3. The molecular formula is C26H37N3O3. The summed E-state index contributed by atoms with van der Waals surface area (Å²) in [7, 11) is 0. The van der Waals surface area contributed by atoms with Crippen LogP contribution in [0.25, 0.3) is 0 Å². The van der Waals surface area contributed by atoms with Crippen LogP contribution >= 0.6 is 0 Å². The first-order valence-corrected chi connectivity index (χ1v) is 11.9. The Morgan fingerprint density at radius 1 is 1.19 bits per heavy atom. The summed E-state index contributed by atoms with van der Waals surface area (Å²) < 4.78 is 5.17. The molecule has 6 heteroatoms. The standard InChI is InChI=1S/C16H21NO3.C10H16N2/c1-11(2)20-15(19)17-9-16(10-17,13(4)18)14-8-6-5-7-12(14)3;1-2-5-10-11-8-6-3-4-7-9(8)12-10/h5-8,11H,9-10H2,1-4H3;2-7H2,1H3,(H,11,12). The number of amides is 1. The van der Waals surface area contributed by atoms with Crippen molar-refractivity contribution in [3.8, 4) is 0 Å². The number of carbonyl (C=O) groups is 2. The molecule has 1 saturated heterocycles. The van der Waals surface area contributed by atoms with E-state index in [0.29, 0.717) is 13.1 Å². The van der Waals surface area contributed by atoms with Crippen LogP contribution in [0.4, 0.5) is 4.79 Å². The Morgan fingerprint density at radius 3 is 2.47 bits per heavy atom. The molecule has 0 unspecified atom stereocenters. The number of ether oxygens (including phenoxy) is 1. The third kappa shape index (κ3) is 5.22. The van der Waals surface area contributed by atoms with Crippen molar-refractivity contribution in [1.29, 1.82) is 0 Å². The molecule has 2 heterocycles. The number of ketones is 1. The van der Waals surface area contributed by atoms with E-state index in [9.17, 15) is 9.59 Å². The quantitative estimate of drug-likeness (QED) is 0.717. The Labute approximate surface area is 191 Å². The van der Waals surface area contributed by atoms with Gasteiger partial charge in [0.15, 0.2) is 0 Å². The highest BCUT2D eigenvalue weighted by molar-refractivity contribution is 5.92. The van der Waals surface area contributed by atoms with E-state index in [4.69, 9.17) is 4.74 Å². The van der Waals surface area contributed by atoms with Crippen molar-refractivity contribution in [2.24, 2.45) is 0 Å². The van der Waals surface area contributed by atoms with Crippen LogP contribution in [-0.4, -0.2) is 45.9 Å². The number of fused-ring (bicyclic) bond motifs is 1. The molecule has 2 aliphatic rings. The monoisotopic (exact) mass is 439 g/mol. The third-order valence-corrected chi connectivity index (χ3v) is 6.34. The molecule has 4 rings (SSSR count). The number of benzene rings is 1. The SMILES string of the molecule is CC(=O)C1(c2ccccc2C)CN(C(=O)OC(C)C)C1.CCCc1nc2c([nH]1)CCCC2. The van der Waals surface area contributed by atoms with Gasteiger partial charge in [-0.05, 0) is 70.9 Å². The van der Waals surface area contributed by atoms with E-state index in [1.807, 2.05) is 45.0 Å². The van der Waals surface area contributed by atoms with Gasteiger partial charge in [0.05, 0.1) is 17.2 Å². The van der Waals surface area contributed by atoms with Crippen molar-refractivity contribution in [3.05, 3.63) is 52.6 Å². The minimum atomic E-state index is -0.568. The van der Waals surface area contributed by atoms with Crippen LogP contribution in [0.2, 0.25) is 0 Å². The molecule has 1 aliphatic heterocycles. The molecule has 0 bridgehead atoms. The number of aryl methyl sites for hydroxylation is 4. The molecule has 0 saturated carbocycles. The van der Waals surface area contributed by atoms with Crippen molar-refractivity contribution in [3.63, 3.8) is 0 Å². The van der Waals surface area contributed by atoms with E-state index in [1.165, 1.54) is 49.3 Å². The van der Waals surface area contributed by atoms with Gasteiger partial charge in [-0.2, -0.15) is 0 Å². The van der Waals surface area contributed by atoms with Crippen LogP contribution in [0, 0.1) is 6.92 Å². The summed E-state index contributed by atoms with van der Waals surface area (Å²) in [6.07, 6.45) is 6.87. The van der Waals surface area contributed by atoms with Crippen molar-refractivity contribution in [2.75, 3.05) is 13.1 Å².